The smallest absolute Gasteiger partial charge is 0.256 e. The molecule has 4 aromatic rings. The maximum atomic E-state index is 14.6. The first-order valence-electron chi connectivity index (χ1n) is 9.59. The first-order valence-corrected chi connectivity index (χ1v) is 9.59. The molecule has 0 atom stereocenters. The summed E-state index contributed by atoms with van der Waals surface area (Å²) in [5, 5.41) is 32.1. The van der Waals surface area contributed by atoms with Gasteiger partial charge in [-0.1, -0.05) is 18.2 Å². The van der Waals surface area contributed by atoms with E-state index in [0.717, 1.165) is 22.8 Å². The highest BCUT2D eigenvalue weighted by Crippen LogP contribution is 2.33. The standard InChI is InChI=1S/C22H18F2N4O4/c23-15-5-3-6-16(24)20(15)28-18(32)9-8-14-19(13-4-1-2-7-17(13)31)26-22(27-21(14)28)25-12(10-29)11-30/h1-9,12,29-31H,10-11H2,(H,25,26,27). The fourth-order valence-corrected chi connectivity index (χ4v) is 3.31. The van der Waals surface area contributed by atoms with E-state index in [1.807, 2.05) is 0 Å². The van der Waals surface area contributed by atoms with Crippen molar-refractivity contribution in [3.8, 4) is 22.7 Å². The van der Waals surface area contributed by atoms with E-state index in [1.54, 1.807) is 18.2 Å². The van der Waals surface area contributed by atoms with Crippen molar-refractivity contribution in [1.29, 1.82) is 0 Å². The molecule has 0 saturated carbocycles. The molecule has 2 heterocycles. The number of aromatic nitrogens is 3. The molecule has 0 unspecified atom stereocenters. The van der Waals surface area contributed by atoms with Gasteiger partial charge in [-0.25, -0.2) is 13.8 Å². The summed E-state index contributed by atoms with van der Waals surface area (Å²) in [6.45, 7) is -0.902. The number of benzene rings is 2. The van der Waals surface area contributed by atoms with E-state index in [0.29, 0.717) is 0 Å². The number of aromatic hydroxyl groups is 1. The number of aliphatic hydroxyl groups excluding tert-OH is 2. The topological polar surface area (TPSA) is 120 Å². The highest BCUT2D eigenvalue weighted by atomic mass is 19.1. The number of para-hydroxylation sites is 2. The van der Waals surface area contributed by atoms with Gasteiger partial charge in [0.2, 0.25) is 5.95 Å². The number of hydrogen-bond acceptors (Lipinski definition) is 7. The summed E-state index contributed by atoms with van der Waals surface area (Å²) >= 11 is 0. The van der Waals surface area contributed by atoms with Crippen LogP contribution >= 0.6 is 0 Å². The Hall–Kier alpha value is -3.89. The molecule has 0 amide bonds. The molecule has 0 aliphatic rings. The molecular formula is C22H18F2N4O4. The zero-order valence-corrected chi connectivity index (χ0v) is 16.5. The van der Waals surface area contributed by atoms with Crippen LogP contribution in [0.4, 0.5) is 14.7 Å². The molecule has 32 heavy (non-hydrogen) atoms. The molecule has 2 aromatic carbocycles. The van der Waals surface area contributed by atoms with Crippen molar-refractivity contribution >= 4 is 17.0 Å². The molecule has 4 N–H and O–H groups in total. The Morgan fingerprint density at radius 2 is 1.62 bits per heavy atom. The largest absolute Gasteiger partial charge is 0.507 e. The third kappa shape index (κ3) is 3.77. The summed E-state index contributed by atoms with van der Waals surface area (Å²) in [6.07, 6.45) is 0. The van der Waals surface area contributed by atoms with Gasteiger partial charge in [-0.05, 0) is 30.3 Å². The Balaban J connectivity index is 2.11. The number of aliphatic hydroxyl groups is 2. The zero-order valence-electron chi connectivity index (χ0n) is 16.5. The van der Waals surface area contributed by atoms with Gasteiger partial charge in [0.25, 0.3) is 5.56 Å². The lowest BCUT2D eigenvalue weighted by Crippen LogP contribution is -2.29. The number of hydrogen-bond donors (Lipinski definition) is 4. The predicted molar refractivity (Wildman–Crippen MR) is 114 cm³/mol. The lowest BCUT2D eigenvalue weighted by molar-refractivity contribution is 0.203. The van der Waals surface area contributed by atoms with Gasteiger partial charge in [0.05, 0.1) is 24.9 Å². The molecule has 0 aliphatic carbocycles. The van der Waals surface area contributed by atoms with E-state index < -0.39 is 42.1 Å². The molecule has 0 saturated heterocycles. The number of anilines is 1. The minimum atomic E-state index is -0.972. The Kier molecular flexibility index (Phi) is 5.80. The van der Waals surface area contributed by atoms with Crippen LogP contribution in [0.1, 0.15) is 0 Å². The quantitative estimate of drug-likeness (QED) is 0.363. The zero-order chi connectivity index (χ0) is 22.8. The van der Waals surface area contributed by atoms with Crippen LogP contribution < -0.4 is 10.9 Å². The molecule has 0 bridgehead atoms. The van der Waals surface area contributed by atoms with Crippen LogP contribution in [0.2, 0.25) is 0 Å². The Morgan fingerprint density at radius 1 is 0.938 bits per heavy atom. The summed E-state index contributed by atoms with van der Waals surface area (Å²) in [5.74, 6) is -2.19. The average molecular weight is 440 g/mol. The number of phenols is 1. The maximum Gasteiger partial charge on any atom is 0.256 e. The predicted octanol–water partition coefficient (Wildman–Crippen LogP) is 2.20. The fourth-order valence-electron chi connectivity index (χ4n) is 3.31. The second-order valence-electron chi connectivity index (χ2n) is 6.93. The number of pyridine rings is 1. The Labute approximate surface area is 180 Å². The minimum Gasteiger partial charge on any atom is -0.507 e. The maximum absolute atomic E-state index is 14.6. The summed E-state index contributed by atoms with van der Waals surface area (Å²) in [4.78, 5) is 21.3. The lowest BCUT2D eigenvalue weighted by atomic mass is 10.1. The van der Waals surface area contributed by atoms with Crippen LogP contribution in [0.15, 0.2) is 59.4 Å². The first kappa shape index (κ1) is 21.3. The van der Waals surface area contributed by atoms with Gasteiger partial charge in [0.15, 0.2) is 5.65 Å². The Bertz CT molecular complexity index is 1340. The molecule has 0 aliphatic heterocycles. The second kappa shape index (κ2) is 8.69. The second-order valence-corrected chi connectivity index (χ2v) is 6.93. The van der Waals surface area contributed by atoms with Gasteiger partial charge in [0, 0.05) is 17.0 Å². The van der Waals surface area contributed by atoms with E-state index in [2.05, 4.69) is 15.3 Å². The Morgan fingerprint density at radius 3 is 2.28 bits per heavy atom. The fraction of sp³-hybridized carbons (Fsp3) is 0.136. The van der Waals surface area contributed by atoms with E-state index in [-0.39, 0.29) is 34.0 Å². The van der Waals surface area contributed by atoms with Crippen LogP contribution in [0.25, 0.3) is 28.0 Å². The van der Waals surface area contributed by atoms with Gasteiger partial charge >= 0.3 is 0 Å². The van der Waals surface area contributed by atoms with Crippen LogP contribution in [0.5, 0.6) is 5.75 Å². The minimum absolute atomic E-state index is 0.117. The summed E-state index contributed by atoms with van der Waals surface area (Å²) < 4.78 is 30.0. The van der Waals surface area contributed by atoms with Crippen molar-refractivity contribution in [2.45, 2.75) is 6.04 Å². The van der Waals surface area contributed by atoms with Crippen molar-refractivity contribution in [3.63, 3.8) is 0 Å². The van der Waals surface area contributed by atoms with Gasteiger partial charge in [-0.3, -0.25) is 9.36 Å². The molecule has 8 nitrogen and oxygen atoms in total. The SMILES string of the molecule is O=c1ccc2c(-c3ccccc3O)nc(NC(CO)CO)nc2n1-c1c(F)cccc1F. The van der Waals surface area contributed by atoms with Crippen molar-refractivity contribution in [3.05, 3.63) is 76.6 Å². The van der Waals surface area contributed by atoms with E-state index in [9.17, 15) is 28.9 Å². The third-order valence-electron chi connectivity index (χ3n) is 4.84. The van der Waals surface area contributed by atoms with Crippen molar-refractivity contribution in [2.75, 3.05) is 18.5 Å². The summed E-state index contributed by atoms with van der Waals surface area (Å²) in [6, 6.07) is 11.2. The van der Waals surface area contributed by atoms with Crippen molar-refractivity contribution in [2.24, 2.45) is 0 Å². The number of halogens is 2. The molecule has 10 heteroatoms. The molecular weight excluding hydrogens is 422 g/mol. The number of rotatable bonds is 6. The van der Waals surface area contributed by atoms with Gasteiger partial charge in [0.1, 0.15) is 23.1 Å². The van der Waals surface area contributed by atoms with Gasteiger partial charge in [-0.15, -0.1) is 0 Å². The van der Waals surface area contributed by atoms with Crippen molar-refractivity contribution in [1.82, 2.24) is 14.5 Å². The van der Waals surface area contributed by atoms with Gasteiger partial charge in [-0.2, -0.15) is 4.98 Å². The highest BCUT2D eigenvalue weighted by Gasteiger charge is 2.21. The molecule has 0 radical (unpaired) electrons. The number of phenolic OH excluding ortho intramolecular Hbond substituents is 1. The number of fused-ring (bicyclic) bond motifs is 1. The third-order valence-corrected chi connectivity index (χ3v) is 4.84. The average Bonchev–Trinajstić information content (AvgIpc) is 2.78. The molecule has 164 valence electrons. The van der Waals surface area contributed by atoms with Crippen LogP contribution in [0.3, 0.4) is 0 Å². The highest BCUT2D eigenvalue weighted by molar-refractivity contribution is 5.93. The number of nitrogens with zero attached hydrogens (tertiary/aromatic N) is 3. The first-order chi connectivity index (χ1) is 15.4. The molecule has 4 rings (SSSR count). The monoisotopic (exact) mass is 440 g/mol. The number of nitrogens with one attached hydrogen (secondary N) is 1. The van der Waals surface area contributed by atoms with Crippen LogP contribution in [-0.2, 0) is 0 Å². The summed E-state index contributed by atoms with van der Waals surface area (Å²) in [5.41, 5.74) is -1.03. The van der Waals surface area contributed by atoms with Gasteiger partial charge < -0.3 is 20.6 Å². The lowest BCUT2D eigenvalue weighted by Gasteiger charge is -2.18. The summed E-state index contributed by atoms with van der Waals surface area (Å²) in [7, 11) is 0. The molecule has 0 spiro atoms. The molecule has 0 fully saturated rings. The van der Waals surface area contributed by atoms with E-state index >= 15 is 0 Å². The molecule has 2 aromatic heterocycles. The van der Waals surface area contributed by atoms with Crippen molar-refractivity contribution < 1.29 is 24.1 Å². The normalized spacial score (nSPS) is 11.3. The van der Waals surface area contributed by atoms with Crippen LogP contribution in [-0.4, -0.2) is 49.1 Å². The van der Waals surface area contributed by atoms with Crippen LogP contribution in [0, 0.1) is 11.6 Å². The van der Waals surface area contributed by atoms with E-state index in [4.69, 9.17) is 0 Å². The van der Waals surface area contributed by atoms with E-state index in [1.165, 1.54) is 18.2 Å².